The van der Waals surface area contributed by atoms with Crippen LogP contribution in [0.5, 0.6) is 0 Å². The van der Waals surface area contributed by atoms with E-state index in [1.807, 2.05) is 0 Å². The molecule has 1 heteroatoms. The highest BCUT2D eigenvalue weighted by molar-refractivity contribution is 5.05. The molecule has 0 radical (unpaired) electrons. The van der Waals surface area contributed by atoms with Gasteiger partial charge in [0, 0.05) is 18.6 Å². The Labute approximate surface area is 121 Å². The molecule has 0 N–H and O–H groups in total. The van der Waals surface area contributed by atoms with Crippen LogP contribution >= 0.6 is 0 Å². The minimum atomic E-state index is 0.804. The number of nitrogens with zero attached hydrogens (tertiary/aromatic N) is 1. The van der Waals surface area contributed by atoms with E-state index in [4.69, 9.17) is 0 Å². The Hall–Kier alpha value is -0.0400. The van der Waals surface area contributed by atoms with Gasteiger partial charge in [-0.1, -0.05) is 48.0 Å². The van der Waals surface area contributed by atoms with Gasteiger partial charge in [-0.15, -0.1) is 0 Å². The van der Waals surface area contributed by atoms with Crippen molar-refractivity contribution in [2.75, 3.05) is 6.54 Å². The average molecular weight is 265 g/mol. The fourth-order valence-electron chi connectivity index (χ4n) is 5.16. The molecule has 2 aliphatic rings. The van der Waals surface area contributed by atoms with Crippen LogP contribution < -0.4 is 0 Å². The lowest BCUT2D eigenvalue weighted by molar-refractivity contribution is 0.0935. The molecule has 7 unspecified atom stereocenters. The van der Waals surface area contributed by atoms with Gasteiger partial charge < -0.3 is 0 Å². The predicted molar refractivity (Wildman–Crippen MR) is 84.2 cm³/mol. The number of hydrogen-bond donors (Lipinski definition) is 0. The van der Waals surface area contributed by atoms with Gasteiger partial charge >= 0.3 is 0 Å². The first kappa shape index (κ1) is 15.4. The van der Waals surface area contributed by atoms with Crippen molar-refractivity contribution in [2.24, 2.45) is 35.5 Å². The van der Waals surface area contributed by atoms with Crippen LogP contribution in [0.25, 0.3) is 0 Å². The second-order valence-electron chi connectivity index (χ2n) is 8.05. The molecular weight excluding hydrogens is 230 g/mol. The largest absolute Gasteiger partial charge is 0.294 e. The van der Waals surface area contributed by atoms with Gasteiger partial charge in [0.15, 0.2) is 0 Å². The molecule has 112 valence electrons. The van der Waals surface area contributed by atoms with Crippen LogP contribution in [0.1, 0.15) is 61.3 Å². The summed E-state index contributed by atoms with van der Waals surface area (Å²) >= 11 is 0. The summed E-state index contributed by atoms with van der Waals surface area (Å²) < 4.78 is 0. The van der Waals surface area contributed by atoms with E-state index in [9.17, 15) is 0 Å². The van der Waals surface area contributed by atoms with E-state index >= 15 is 0 Å². The van der Waals surface area contributed by atoms with Crippen molar-refractivity contribution in [3.8, 4) is 0 Å². The summed E-state index contributed by atoms with van der Waals surface area (Å²) in [6, 6.07) is 1.71. The minimum absolute atomic E-state index is 0.804. The Kier molecular flexibility index (Phi) is 4.65. The molecule has 0 bridgehead atoms. The third kappa shape index (κ3) is 2.86. The highest BCUT2D eigenvalue weighted by Gasteiger charge is 2.53. The third-order valence-electron chi connectivity index (χ3n) is 6.09. The van der Waals surface area contributed by atoms with Crippen LogP contribution in [-0.2, 0) is 0 Å². The Morgan fingerprint density at radius 3 is 2.16 bits per heavy atom. The summed E-state index contributed by atoms with van der Waals surface area (Å²) in [5.74, 6) is 5.32. The molecule has 19 heavy (non-hydrogen) atoms. The normalized spacial score (nSPS) is 46.3. The molecule has 0 aromatic carbocycles. The molecule has 0 spiro atoms. The topological polar surface area (TPSA) is 3.01 Å². The van der Waals surface area contributed by atoms with E-state index < -0.39 is 0 Å². The van der Waals surface area contributed by atoms with E-state index in [2.05, 4.69) is 53.4 Å². The summed E-state index contributed by atoms with van der Waals surface area (Å²) in [5, 5.41) is 0. The molecule has 0 aliphatic carbocycles. The first-order valence-electron chi connectivity index (χ1n) is 8.64. The zero-order valence-electron chi connectivity index (χ0n) is 14.2. The maximum atomic E-state index is 2.79. The minimum Gasteiger partial charge on any atom is -0.294 e. The molecule has 2 aliphatic heterocycles. The fraction of sp³-hybridized carbons (Fsp3) is 1.00. The summed E-state index contributed by atoms with van der Waals surface area (Å²) in [6.45, 7) is 18.6. The smallest absolute Gasteiger partial charge is 0.0255 e. The monoisotopic (exact) mass is 265 g/mol. The van der Waals surface area contributed by atoms with Crippen molar-refractivity contribution in [1.82, 2.24) is 4.90 Å². The summed E-state index contributed by atoms with van der Waals surface area (Å²) in [7, 11) is 0. The van der Waals surface area contributed by atoms with Gasteiger partial charge in [0.05, 0.1) is 0 Å². The third-order valence-corrected chi connectivity index (χ3v) is 6.09. The Morgan fingerprint density at radius 1 is 1.05 bits per heavy atom. The van der Waals surface area contributed by atoms with E-state index in [-0.39, 0.29) is 0 Å². The maximum absolute atomic E-state index is 2.79. The van der Waals surface area contributed by atoms with Crippen LogP contribution in [0.2, 0.25) is 0 Å². The van der Waals surface area contributed by atoms with Gasteiger partial charge in [0.25, 0.3) is 0 Å². The lowest BCUT2D eigenvalue weighted by Gasteiger charge is -2.40. The quantitative estimate of drug-likeness (QED) is 0.668. The summed E-state index contributed by atoms with van der Waals surface area (Å²) in [5.41, 5.74) is 0. The predicted octanol–water partition coefficient (Wildman–Crippen LogP) is 4.67. The first-order valence-corrected chi connectivity index (χ1v) is 8.64. The Bertz CT molecular complexity index is 296. The van der Waals surface area contributed by atoms with Crippen molar-refractivity contribution in [3.05, 3.63) is 0 Å². The van der Waals surface area contributed by atoms with E-state index in [0.29, 0.717) is 0 Å². The number of fused-ring (bicyclic) bond motifs is 1. The van der Waals surface area contributed by atoms with Gasteiger partial charge in [-0.05, 0) is 48.9 Å². The van der Waals surface area contributed by atoms with Crippen LogP contribution in [-0.4, -0.2) is 23.5 Å². The molecule has 0 saturated carbocycles. The Morgan fingerprint density at radius 2 is 1.68 bits per heavy atom. The molecule has 2 heterocycles. The van der Waals surface area contributed by atoms with Crippen LogP contribution in [0, 0.1) is 35.5 Å². The lowest BCUT2D eigenvalue weighted by Crippen LogP contribution is -2.37. The number of rotatable bonds is 4. The molecule has 2 fully saturated rings. The van der Waals surface area contributed by atoms with Crippen molar-refractivity contribution in [1.29, 1.82) is 0 Å². The molecule has 1 nitrogen and oxygen atoms in total. The summed E-state index contributed by atoms with van der Waals surface area (Å²) in [4.78, 5) is 2.79. The van der Waals surface area contributed by atoms with Crippen molar-refractivity contribution >= 4 is 0 Å². The van der Waals surface area contributed by atoms with Gasteiger partial charge in [-0.2, -0.15) is 0 Å². The zero-order valence-corrected chi connectivity index (χ0v) is 14.2. The van der Waals surface area contributed by atoms with Gasteiger partial charge in [0.2, 0.25) is 0 Å². The highest BCUT2D eigenvalue weighted by Crippen LogP contribution is 2.50. The standard InChI is InChI=1S/C18H35N/c1-8-15-13(6)17-10-19(17)14(7)16(9-11(2)3)18(15)12(4)5/h11-18H,8-10H2,1-7H3. The van der Waals surface area contributed by atoms with E-state index in [1.165, 1.54) is 19.4 Å². The number of hydrogen-bond acceptors (Lipinski definition) is 1. The highest BCUT2D eigenvalue weighted by atomic mass is 15.3. The average Bonchev–Trinajstić information content (AvgIpc) is 3.10. The second-order valence-corrected chi connectivity index (χ2v) is 8.05. The molecule has 0 aromatic heterocycles. The molecule has 0 aromatic rings. The summed E-state index contributed by atoms with van der Waals surface area (Å²) in [6.07, 6.45) is 2.78. The SMILES string of the molecule is CCC1C(C)C2CN2C(C)C(CC(C)C)C1C(C)C. The zero-order chi connectivity index (χ0) is 14.3. The second kappa shape index (κ2) is 5.76. The van der Waals surface area contributed by atoms with E-state index in [0.717, 1.165) is 47.6 Å². The van der Waals surface area contributed by atoms with Crippen LogP contribution in [0.4, 0.5) is 0 Å². The first-order chi connectivity index (χ1) is 8.88. The molecule has 0 amide bonds. The molecule has 2 saturated heterocycles. The molecular formula is C18H35N. The molecule has 2 rings (SSSR count). The van der Waals surface area contributed by atoms with Crippen molar-refractivity contribution in [3.63, 3.8) is 0 Å². The van der Waals surface area contributed by atoms with Gasteiger partial charge in [0.1, 0.15) is 0 Å². The van der Waals surface area contributed by atoms with Crippen LogP contribution in [0.3, 0.4) is 0 Å². The lowest BCUT2D eigenvalue weighted by atomic mass is 9.65. The van der Waals surface area contributed by atoms with Gasteiger partial charge in [-0.3, -0.25) is 4.90 Å². The van der Waals surface area contributed by atoms with E-state index in [1.54, 1.807) is 0 Å². The van der Waals surface area contributed by atoms with Gasteiger partial charge in [-0.25, -0.2) is 0 Å². The molecule has 7 atom stereocenters. The van der Waals surface area contributed by atoms with Crippen molar-refractivity contribution in [2.45, 2.75) is 73.4 Å². The Balaban J connectivity index is 2.29. The van der Waals surface area contributed by atoms with Crippen LogP contribution in [0.15, 0.2) is 0 Å². The maximum Gasteiger partial charge on any atom is 0.0255 e. The van der Waals surface area contributed by atoms with Crippen molar-refractivity contribution < 1.29 is 0 Å². The fourth-order valence-corrected chi connectivity index (χ4v) is 5.16.